The van der Waals surface area contributed by atoms with E-state index in [2.05, 4.69) is 55.4 Å². The van der Waals surface area contributed by atoms with Gasteiger partial charge in [-0.2, -0.15) is 9.78 Å². The summed E-state index contributed by atoms with van der Waals surface area (Å²) in [5.74, 6) is -0.517. The van der Waals surface area contributed by atoms with Crippen molar-refractivity contribution in [2.75, 3.05) is 0 Å². The van der Waals surface area contributed by atoms with Gasteiger partial charge < -0.3 is 0 Å². The fraction of sp³-hybridized carbons (Fsp3) is 1.00. The van der Waals surface area contributed by atoms with Crippen LogP contribution in [-0.2, 0) is 19.6 Å². The molecule has 0 unspecified atom stereocenters. The standard InChI is InChI=1S/C22H46O4/c1-10-12-14-16-20(5,6)23-25-22(9,18-19(3)4)26-24-21(7,8)17-15-13-11-2/h19H,10-18H2,1-9H3. The van der Waals surface area contributed by atoms with Crippen molar-refractivity contribution in [3.05, 3.63) is 0 Å². The van der Waals surface area contributed by atoms with Crippen LogP contribution in [-0.4, -0.2) is 17.0 Å². The maximum Gasteiger partial charge on any atom is 0.231 e. The third-order valence-electron chi connectivity index (χ3n) is 4.43. The lowest BCUT2D eigenvalue weighted by atomic mass is 10.0. The number of rotatable bonds is 16. The molecule has 0 spiro atoms. The predicted molar refractivity (Wildman–Crippen MR) is 109 cm³/mol. The van der Waals surface area contributed by atoms with Crippen molar-refractivity contribution < 1.29 is 19.6 Å². The van der Waals surface area contributed by atoms with Gasteiger partial charge in [0.15, 0.2) is 0 Å². The van der Waals surface area contributed by atoms with E-state index in [-0.39, 0.29) is 11.2 Å². The molecule has 158 valence electrons. The van der Waals surface area contributed by atoms with Crippen LogP contribution >= 0.6 is 0 Å². The molecule has 0 fully saturated rings. The smallest absolute Gasteiger partial charge is 0.228 e. The highest BCUT2D eigenvalue weighted by molar-refractivity contribution is 4.70. The summed E-state index contributed by atoms with van der Waals surface area (Å²) in [5.41, 5.74) is -0.680. The van der Waals surface area contributed by atoms with E-state index in [1.54, 1.807) is 0 Å². The normalized spacial score (nSPS) is 13.6. The van der Waals surface area contributed by atoms with Crippen molar-refractivity contribution in [2.24, 2.45) is 5.92 Å². The summed E-state index contributed by atoms with van der Waals surface area (Å²) in [4.78, 5) is 23.2. The molecule has 0 saturated carbocycles. The molecule has 0 aliphatic heterocycles. The molecule has 0 aromatic rings. The first-order chi connectivity index (χ1) is 12.0. The summed E-state index contributed by atoms with van der Waals surface area (Å²) >= 11 is 0. The van der Waals surface area contributed by atoms with Gasteiger partial charge in [0.2, 0.25) is 5.79 Å². The molecular weight excluding hydrogens is 328 g/mol. The Hall–Kier alpha value is -0.160. The second-order valence-corrected chi connectivity index (χ2v) is 9.50. The van der Waals surface area contributed by atoms with Crippen LogP contribution in [0.4, 0.5) is 0 Å². The molecule has 0 aromatic heterocycles. The summed E-state index contributed by atoms with van der Waals surface area (Å²) in [5, 5.41) is 0. The van der Waals surface area contributed by atoms with E-state index in [9.17, 15) is 0 Å². The Balaban J connectivity index is 4.67. The zero-order valence-electron chi connectivity index (χ0n) is 19.1. The Morgan fingerprint density at radius 2 is 1.00 bits per heavy atom. The lowest BCUT2D eigenvalue weighted by Gasteiger charge is -2.35. The molecule has 0 aliphatic rings. The van der Waals surface area contributed by atoms with Crippen LogP contribution in [0.2, 0.25) is 0 Å². The van der Waals surface area contributed by atoms with Crippen LogP contribution < -0.4 is 0 Å². The third-order valence-corrected chi connectivity index (χ3v) is 4.43. The SMILES string of the molecule is CCCCCC(C)(C)OOC(C)(CC(C)C)OOC(C)(C)CCCCC. The quantitative estimate of drug-likeness (QED) is 0.122. The molecule has 4 heteroatoms. The van der Waals surface area contributed by atoms with Crippen LogP contribution in [0.1, 0.15) is 120 Å². The molecule has 0 aromatic carbocycles. The lowest BCUT2D eigenvalue weighted by Crippen LogP contribution is -2.40. The summed E-state index contributed by atoms with van der Waals surface area (Å²) in [6.07, 6.45) is 9.71. The first kappa shape index (κ1) is 25.8. The molecule has 0 N–H and O–H groups in total. The molecule has 0 bridgehead atoms. The van der Waals surface area contributed by atoms with Gasteiger partial charge in [0, 0.05) is 6.42 Å². The minimum absolute atomic E-state index is 0.340. The Kier molecular flexibility index (Phi) is 12.3. The molecule has 26 heavy (non-hydrogen) atoms. The number of hydrogen-bond donors (Lipinski definition) is 0. The second kappa shape index (κ2) is 12.3. The summed E-state index contributed by atoms with van der Waals surface area (Å²) < 4.78 is 0. The highest BCUT2D eigenvalue weighted by Gasteiger charge is 2.36. The minimum Gasteiger partial charge on any atom is -0.228 e. The van der Waals surface area contributed by atoms with Crippen LogP contribution in [0, 0.1) is 5.92 Å². The summed E-state index contributed by atoms with van der Waals surface area (Å²) in [6, 6.07) is 0. The largest absolute Gasteiger partial charge is 0.231 e. The second-order valence-electron chi connectivity index (χ2n) is 9.50. The van der Waals surface area contributed by atoms with Crippen molar-refractivity contribution in [1.82, 2.24) is 0 Å². The van der Waals surface area contributed by atoms with E-state index < -0.39 is 5.79 Å². The van der Waals surface area contributed by atoms with Crippen LogP contribution in [0.15, 0.2) is 0 Å². The van der Waals surface area contributed by atoms with Gasteiger partial charge in [-0.05, 0) is 53.4 Å². The molecule has 0 heterocycles. The van der Waals surface area contributed by atoms with Gasteiger partial charge in [0.1, 0.15) is 0 Å². The average molecular weight is 375 g/mol. The Labute approximate surface area is 163 Å². The molecule has 0 atom stereocenters. The van der Waals surface area contributed by atoms with Gasteiger partial charge in [-0.25, -0.2) is 9.78 Å². The predicted octanol–water partition coefficient (Wildman–Crippen LogP) is 7.36. The highest BCUT2D eigenvalue weighted by atomic mass is 17.3. The first-order valence-corrected chi connectivity index (χ1v) is 10.7. The zero-order chi connectivity index (χ0) is 20.3. The maximum atomic E-state index is 5.81. The van der Waals surface area contributed by atoms with Crippen molar-refractivity contribution in [3.8, 4) is 0 Å². The Morgan fingerprint density at radius 3 is 1.31 bits per heavy atom. The Morgan fingerprint density at radius 1 is 0.615 bits per heavy atom. The van der Waals surface area contributed by atoms with E-state index in [1.165, 1.54) is 25.7 Å². The molecule has 0 amide bonds. The van der Waals surface area contributed by atoms with Gasteiger partial charge in [0.05, 0.1) is 11.2 Å². The topological polar surface area (TPSA) is 36.9 Å². The fourth-order valence-electron chi connectivity index (χ4n) is 2.91. The molecule has 0 rings (SSSR count). The van der Waals surface area contributed by atoms with Gasteiger partial charge in [-0.3, -0.25) is 0 Å². The zero-order valence-corrected chi connectivity index (χ0v) is 19.1. The molecular formula is C22H46O4. The number of hydrogen-bond acceptors (Lipinski definition) is 4. The molecule has 0 saturated heterocycles. The van der Waals surface area contributed by atoms with E-state index in [0.717, 1.165) is 25.7 Å². The van der Waals surface area contributed by atoms with Crippen molar-refractivity contribution >= 4 is 0 Å². The highest BCUT2D eigenvalue weighted by Crippen LogP contribution is 2.30. The molecule has 0 aliphatic carbocycles. The first-order valence-electron chi connectivity index (χ1n) is 10.7. The summed E-state index contributed by atoms with van der Waals surface area (Å²) in [6.45, 7) is 18.9. The van der Waals surface area contributed by atoms with Gasteiger partial charge in [0.25, 0.3) is 0 Å². The van der Waals surface area contributed by atoms with Crippen molar-refractivity contribution in [2.45, 2.75) is 137 Å². The Bertz CT molecular complexity index is 324. The monoisotopic (exact) mass is 374 g/mol. The van der Waals surface area contributed by atoms with E-state index in [1.807, 2.05) is 6.92 Å². The summed E-state index contributed by atoms with van der Waals surface area (Å²) in [7, 11) is 0. The number of unbranched alkanes of at least 4 members (excludes halogenated alkanes) is 4. The van der Waals surface area contributed by atoms with Gasteiger partial charge in [-0.15, -0.1) is 0 Å². The third kappa shape index (κ3) is 13.1. The van der Waals surface area contributed by atoms with Gasteiger partial charge >= 0.3 is 0 Å². The average Bonchev–Trinajstić information content (AvgIpc) is 2.51. The molecule has 0 radical (unpaired) electrons. The van der Waals surface area contributed by atoms with E-state index in [4.69, 9.17) is 19.6 Å². The van der Waals surface area contributed by atoms with Crippen molar-refractivity contribution in [3.63, 3.8) is 0 Å². The maximum absolute atomic E-state index is 5.81. The van der Waals surface area contributed by atoms with Crippen LogP contribution in [0.25, 0.3) is 0 Å². The van der Waals surface area contributed by atoms with Crippen LogP contribution in [0.3, 0.4) is 0 Å². The molecule has 4 nitrogen and oxygen atoms in total. The van der Waals surface area contributed by atoms with Gasteiger partial charge in [-0.1, -0.05) is 66.2 Å². The van der Waals surface area contributed by atoms with E-state index >= 15 is 0 Å². The lowest BCUT2D eigenvalue weighted by molar-refractivity contribution is -0.541. The van der Waals surface area contributed by atoms with Crippen LogP contribution in [0.5, 0.6) is 0 Å². The fourth-order valence-corrected chi connectivity index (χ4v) is 2.91. The minimum atomic E-state index is -0.918. The van der Waals surface area contributed by atoms with E-state index in [0.29, 0.717) is 12.3 Å². The van der Waals surface area contributed by atoms with Crippen molar-refractivity contribution in [1.29, 1.82) is 0 Å².